The molecule has 2 fully saturated rings. The Kier molecular flexibility index (Phi) is 8.30. The van der Waals surface area contributed by atoms with Gasteiger partial charge in [-0.2, -0.15) is 0 Å². The SMILES string of the molecule is O=C(N[C@@H](Cc1ccc(O)cc1)C(=O)N1CCC2C1C(=O)CN2C(=O)c1csc2ccccc12)C(c1ccccc1)c1ccccc1. The van der Waals surface area contributed by atoms with Crippen molar-refractivity contribution in [3.63, 3.8) is 0 Å². The number of carbonyl (C=O) groups is 4. The Morgan fingerprint density at radius 1 is 0.830 bits per heavy atom. The van der Waals surface area contributed by atoms with Crippen LogP contribution in [-0.4, -0.2) is 69.6 Å². The Hall–Kier alpha value is -5.28. The molecule has 47 heavy (non-hydrogen) atoms. The number of ketones is 1. The Morgan fingerprint density at radius 3 is 2.15 bits per heavy atom. The lowest BCUT2D eigenvalue weighted by molar-refractivity contribution is -0.140. The predicted molar refractivity (Wildman–Crippen MR) is 180 cm³/mol. The van der Waals surface area contributed by atoms with Gasteiger partial charge in [-0.15, -0.1) is 11.3 Å². The van der Waals surface area contributed by atoms with Gasteiger partial charge in [0.25, 0.3) is 5.91 Å². The van der Waals surface area contributed by atoms with E-state index < -0.39 is 24.0 Å². The van der Waals surface area contributed by atoms with Crippen LogP contribution in [0.5, 0.6) is 5.75 Å². The summed E-state index contributed by atoms with van der Waals surface area (Å²) in [6.45, 7) is 0.220. The molecule has 2 N–H and O–H groups in total. The quantitative estimate of drug-likeness (QED) is 0.243. The highest BCUT2D eigenvalue weighted by molar-refractivity contribution is 7.17. The summed E-state index contributed by atoms with van der Waals surface area (Å²) in [6.07, 6.45) is 0.624. The van der Waals surface area contributed by atoms with Crippen LogP contribution in [0.15, 0.2) is 115 Å². The molecule has 2 aliphatic rings. The molecule has 8 nitrogen and oxygen atoms in total. The average Bonchev–Trinajstić information content (AvgIpc) is 3.81. The molecule has 3 atom stereocenters. The van der Waals surface area contributed by atoms with E-state index in [0.29, 0.717) is 12.0 Å². The molecule has 5 aromatic rings. The van der Waals surface area contributed by atoms with Gasteiger partial charge >= 0.3 is 0 Å². The number of rotatable bonds is 8. The molecule has 0 radical (unpaired) electrons. The van der Waals surface area contributed by atoms with Gasteiger partial charge in [0.2, 0.25) is 11.8 Å². The number of amides is 3. The van der Waals surface area contributed by atoms with Crippen LogP contribution in [0.1, 0.15) is 39.4 Å². The van der Waals surface area contributed by atoms with E-state index in [-0.39, 0.29) is 48.8 Å². The number of hydrogen-bond acceptors (Lipinski definition) is 6. The maximum atomic E-state index is 14.4. The summed E-state index contributed by atoms with van der Waals surface area (Å²) < 4.78 is 0.998. The zero-order valence-electron chi connectivity index (χ0n) is 25.5. The topological polar surface area (TPSA) is 107 Å². The lowest BCUT2D eigenvalue weighted by atomic mass is 9.90. The molecule has 0 spiro atoms. The number of phenols is 1. The van der Waals surface area contributed by atoms with Crippen LogP contribution in [0.25, 0.3) is 10.1 Å². The van der Waals surface area contributed by atoms with Crippen LogP contribution in [0.2, 0.25) is 0 Å². The zero-order chi connectivity index (χ0) is 32.5. The van der Waals surface area contributed by atoms with Gasteiger partial charge in [-0.1, -0.05) is 91.0 Å². The smallest absolute Gasteiger partial charge is 0.256 e. The van der Waals surface area contributed by atoms with Crippen molar-refractivity contribution in [2.45, 2.75) is 36.9 Å². The van der Waals surface area contributed by atoms with Gasteiger partial charge in [-0.05, 0) is 41.3 Å². The minimum absolute atomic E-state index is 0.0683. The monoisotopic (exact) mass is 643 g/mol. The number of aromatic hydroxyl groups is 1. The maximum absolute atomic E-state index is 14.4. The third-order valence-corrected chi connectivity index (χ3v) is 10.2. The van der Waals surface area contributed by atoms with Crippen LogP contribution in [-0.2, 0) is 20.8 Å². The first-order valence-corrected chi connectivity index (χ1v) is 16.6. The summed E-state index contributed by atoms with van der Waals surface area (Å²) in [5.41, 5.74) is 2.88. The summed E-state index contributed by atoms with van der Waals surface area (Å²) in [4.78, 5) is 59.1. The maximum Gasteiger partial charge on any atom is 0.256 e. The van der Waals surface area contributed by atoms with Crippen molar-refractivity contribution in [1.82, 2.24) is 15.1 Å². The zero-order valence-corrected chi connectivity index (χ0v) is 26.3. The Morgan fingerprint density at radius 2 is 1.47 bits per heavy atom. The second-order valence-corrected chi connectivity index (χ2v) is 13.0. The van der Waals surface area contributed by atoms with Crippen molar-refractivity contribution < 1.29 is 24.3 Å². The number of fused-ring (bicyclic) bond motifs is 2. The molecule has 2 aliphatic heterocycles. The molecule has 9 heteroatoms. The lowest BCUT2D eigenvalue weighted by Crippen LogP contribution is -2.54. The first-order chi connectivity index (χ1) is 22.9. The molecule has 0 aliphatic carbocycles. The standard InChI is InChI=1S/C38H33N3O5S/c42-27-17-15-24(16-18-27)21-30(39-36(44)34(25-9-3-1-4-10-25)26-11-5-2-6-12-26)38(46)40-20-19-31-35(40)32(43)22-41(31)37(45)29-23-47-33-14-8-7-13-28(29)33/h1-18,23,30-31,34-35,42H,19-22H2,(H,39,44)/t30-,31?,35?/m0/s1. The summed E-state index contributed by atoms with van der Waals surface area (Å²) in [7, 11) is 0. The van der Waals surface area contributed by atoms with Crippen molar-refractivity contribution in [3.8, 4) is 5.75 Å². The van der Waals surface area contributed by atoms with E-state index in [2.05, 4.69) is 5.32 Å². The number of Topliss-reactive ketones (excluding diaryl/α,β-unsaturated/α-hetero) is 1. The number of phenolic OH excluding ortho intramolecular Hbond substituents is 1. The van der Waals surface area contributed by atoms with E-state index in [1.54, 1.807) is 34.1 Å². The molecule has 3 amide bonds. The summed E-state index contributed by atoms with van der Waals surface area (Å²) in [6, 6.07) is 30.8. The van der Waals surface area contributed by atoms with Gasteiger partial charge in [-0.3, -0.25) is 19.2 Å². The number of nitrogens with zero attached hydrogens (tertiary/aromatic N) is 2. The van der Waals surface area contributed by atoms with Crippen LogP contribution in [0.4, 0.5) is 0 Å². The van der Waals surface area contributed by atoms with E-state index in [0.717, 1.165) is 26.8 Å². The van der Waals surface area contributed by atoms with Gasteiger partial charge in [0.05, 0.1) is 24.1 Å². The largest absolute Gasteiger partial charge is 0.508 e. The fraction of sp³-hybridized carbons (Fsp3) is 0.211. The summed E-state index contributed by atoms with van der Waals surface area (Å²) in [5, 5.41) is 15.6. The van der Waals surface area contributed by atoms with E-state index in [4.69, 9.17) is 0 Å². The minimum Gasteiger partial charge on any atom is -0.508 e. The first kappa shape index (κ1) is 30.4. The van der Waals surface area contributed by atoms with E-state index in [1.165, 1.54) is 11.3 Å². The molecule has 236 valence electrons. The molecule has 2 saturated heterocycles. The van der Waals surface area contributed by atoms with Gasteiger partial charge in [0.1, 0.15) is 17.8 Å². The third-order valence-electron chi connectivity index (χ3n) is 9.20. The predicted octanol–water partition coefficient (Wildman–Crippen LogP) is 5.16. The highest BCUT2D eigenvalue weighted by Crippen LogP contribution is 2.34. The van der Waals surface area contributed by atoms with E-state index in [9.17, 15) is 24.3 Å². The van der Waals surface area contributed by atoms with Crippen molar-refractivity contribution in [2.75, 3.05) is 13.1 Å². The summed E-state index contributed by atoms with van der Waals surface area (Å²) in [5.74, 6) is -1.68. The second-order valence-electron chi connectivity index (χ2n) is 12.1. The van der Waals surface area contributed by atoms with Gasteiger partial charge in [0, 0.05) is 28.4 Å². The molecular weight excluding hydrogens is 611 g/mol. The van der Waals surface area contributed by atoms with Gasteiger partial charge in [-0.25, -0.2) is 0 Å². The fourth-order valence-corrected chi connectivity index (χ4v) is 7.88. The van der Waals surface area contributed by atoms with Crippen molar-refractivity contribution in [3.05, 3.63) is 137 Å². The van der Waals surface area contributed by atoms with Crippen molar-refractivity contribution in [1.29, 1.82) is 0 Å². The normalized spacial score (nSPS) is 18.0. The van der Waals surface area contributed by atoms with Gasteiger partial charge < -0.3 is 20.2 Å². The van der Waals surface area contributed by atoms with Crippen molar-refractivity contribution in [2.24, 2.45) is 0 Å². The molecule has 4 aromatic carbocycles. The van der Waals surface area contributed by atoms with Crippen LogP contribution in [0.3, 0.4) is 0 Å². The number of thiophene rings is 1. The highest BCUT2D eigenvalue weighted by Gasteiger charge is 2.52. The second kappa shape index (κ2) is 12.8. The van der Waals surface area contributed by atoms with Crippen LogP contribution in [0, 0.1) is 0 Å². The van der Waals surface area contributed by atoms with Crippen LogP contribution >= 0.6 is 11.3 Å². The molecule has 2 unspecified atom stereocenters. The fourth-order valence-electron chi connectivity index (χ4n) is 6.95. The van der Waals surface area contributed by atoms with Gasteiger partial charge in [0.15, 0.2) is 5.78 Å². The van der Waals surface area contributed by atoms with E-state index >= 15 is 0 Å². The Bertz CT molecular complexity index is 1900. The number of likely N-dealkylation sites (tertiary alicyclic amines) is 2. The molecule has 7 rings (SSSR count). The number of nitrogens with one attached hydrogen (secondary N) is 1. The Labute approximate surface area is 276 Å². The van der Waals surface area contributed by atoms with Crippen molar-refractivity contribution >= 4 is 44.9 Å². The number of hydrogen-bond donors (Lipinski definition) is 2. The average molecular weight is 644 g/mol. The lowest BCUT2D eigenvalue weighted by Gasteiger charge is -2.29. The summed E-state index contributed by atoms with van der Waals surface area (Å²) >= 11 is 1.49. The third kappa shape index (κ3) is 5.90. The number of benzene rings is 4. The Balaban J connectivity index is 1.17. The molecule has 0 bridgehead atoms. The minimum atomic E-state index is -0.987. The molecule has 1 aromatic heterocycles. The first-order valence-electron chi connectivity index (χ1n) is 15.7. The number of carbonyl (C=O) groups excluding carboxylic acids is 4. The highest BCUT2D eigenvalue weighted by atomic mass is 32.1. The van der Waals surface area contributed by atoms with Crippen LogP contribution < -0.4 is 5.32 Å². The molecule has 3 heterocycles. The molecule has 0 saturated carbocycles. The molecular formula is C38H33N3O5S. The van der Waals surface area contributed by atoms with E-state index in [1.807, 2.05) is 90.3 Å².